The first-order valence-corrected chi connectivity index (χ1v) is 8.71. The summed E-state index contributed by atoms with van der Waals surface area (Å²) in [6.07, 6.45) is 7.00. The fourth-order valence-electron chi connectivity index (χ4n) is 3.45. The van der Waals surface area contributed by atoms with Gasteiger partial charge in [-0.25, -0.2) is 4.98 Å². The minimum Gasteiger partial charge on any atom is -0.372 e. The van der Waals surface area contributed by atoms with E-state index in [-0.39, 0.29) is 18.1 Å². The Bertz CT molecular complexity index is 935. The number of ether oxygens (including phenoxy) is 1. The lowest BCUT2D eigenvalue weighted by atomic mass is 10.0. The highest BCUT2D eigenvalue weighted by Gasteiger charge is 2.27. The topological polar surface area (TPSA) is 68.2 Å². The number of carbonyl (C=O) groups excluding carboxylic acids is 1. The highest BCUT2D eigenvalue weighted by Crippen LogP contribution is 2.28. The van der Waals surface area contributed by atoms with Gasteiger partial charge in [-0.15, -0.1) is 0 Å². The number of morpholine rings is 1. The number of rotatable bonds is 2. The SMILES string of the molecule is C[C@@H]1CN(C(=O)c2cc(-c3ccncc3)c3cnccc3n2)C[C@@H](C)O1. The molecule has 4 rings (SSSR count). The van der Waals surface area contributed by atoms with Crippen molar-refractivity contribution in [2.75, 3.05) is 13.1 Å². The van der Waals surface area contributed by atoms with E-state index in [0.717, 1.165) is 22.0 Å². The van der Waals surface area contributed by atoms with Gasteiger partial charge in [0.2, 0.25) is 0 Å². The smallest absolute Gasteiger partial charge is 0.272 e. The van der Waals surface area contributed by atoms with Crippen molar-refractivity contribution >= 4 is 16.8 Å². The summed E-state index contributed by atoms with van der Waals surface area (Å²) >= 11 is 0. The van der Waals surface area contributed by atoms with Gasteiger partial charge >= 0.3 is 0 Å². The Labute approximate surface area is 151 Å². The molecule has 4 heterocycles. The first-order valence-electron chi connectivity index (χ1n) is 8.71. The summed E-state index contributed by atoms with van der Waals surface area (Å²) in [6.45, 7) is 5.11. The molecular weight excluding hydrogens is 328 g/mol. The third-order valence-electron chi connectivity index (χ3n) is 4.53. The minimum absolute atomic E-state index is 0.0204. The molecule has 0 N–H and O–H groups in total. The zero-order valence-corrected chi connectivity index (χ0v) is 14.8. The first-order chi connectivity index (χ1) is 12.6. The van der Waals surface area contributed by atoms with E-state index in [9.17, 15) is 4.79 Å². The number of carbonyl (C=O) groups is 1. The van der Waals surface area contributed by atoms with Gasteiger partial charge in [0, 0.05) is 43.3 Å². The van der Waals surface area contributed by atoms with Crippen LogP contribution in [0.4, 0.5) is 0 Å². The van der Waals surface area contributed by atoms with Gasteiger partial charge in [-0.1, -0.05) is 0 Å². The molecule has 0 spiro atoms. The van der Waals surface area contributed by atoms with Gasteiger partial charge in [-0.2, -0.15) is 0 Å². The molecule has 0 bridgehead atoms. The van der Waals surface area contributed by atoms with Crippen LogP contribution in [0.1, 0.15) is 24.3 Å². The molecule has 3 aromatic heterocycles. The molecule has 132 valence electrons. The Hall–Kier alpha value is -2.86. The predicted molar refractivity (Wildman–Crippen MR) is 98.7 cm³/mol. The van der Waals surface area contributed by atoms with Crippen LogP contribution in [0.2, 0.25) is 0 Å². The van der Waals surface area contributed by atoms with E-state index in [4.69, 9.17) is 4.74 Å². The molecule has 0 aliphatic carbocycles. The van der Waals surface area contributed by atoms with Gasteiger partial charge in [-0.3, -0.25) is 14.8 Å². The van der Waals surface area contributed by atoms with Crippen molar-refractivity contribution in [3.63, 3.8) is 0 Å². The first kappa shape index (κ1) is 16.6. The van der Waals surface area contributed by atoms with Crippen molar-refractivity contribution in [1.29, 1.82) is 0 Å². The lowest BCUT2D eigenvalue weighted by Crippen LogP contribution is -2.48. The second-order valence-electron chi connectivity index (χ2n) is 6.65. The van der Waals surface area contributed by atoms with Crippen LogP contribution in [0.5, 0.6) is 0 Å². The maximum atomic E-state index is 13.1. The van der Waals surface area contributed by atoms with Gasteiger partial charge in [0.1, 0.15) is 5.69 Å². The van der Waals surface area contributed by atoms with Gasteiger partial charge in [-0.05, 0) is 49.2 Å². The monoisotopic (exact) mass is 348 g/mol. The molecule has 0 saturated carbocycles. The summed E-state index contributed by atoms with van der Waals surface area (Å²) in [4.78, 5) is 27.8. The summed E-state index contributed by atoms with van der Waals surface area (Å²) in [5.74, 6) is -0.0685. The molecule has 0 unspecified atom stereocenters. The van der Waals surface area contributed by atoms with Crippen molar-refractivity contribution in [3.05, 3.63) is 54.7 Å². The molecule has 3 aromatic rings. The van der Waals surface area contributed by atoms with Crippen molar-refractivity contribution in [3.8, 4) is 11.1 Å². The zero-order valence-electron chi connectivity index (χ0n) is 14.8. The Kier molecular flexibility index (Phi) is 4.34. The van der Waals surface area contributed by atoms with Crippen LogP contribution in [-0.4, -0.2) is 51.1 Å². The second kappa shape index (κ2) is 6.80. The van der Waals surface area contributed by atoms with Gasteiger partial charge in [0.15, 0.2) is 0 Å². The molecule has 2 atom stereocenters. The Balaban J connectivity index is 1.80. The van der Waals surface area contributed by atoms with Crippen LogP contribution in [0, 0.1) is 0 Å². The quantitative estimate of drug-likeness (QED) is 0.712. The maximum Gasteiger partial charge on any atom is 0.272 e. The molecule has 1 amide bonds. The molecule has 1 aliphatic rings. The van der Waals surface area contributed by atoms with Crippen molar-refractivity contribution in [2.45, 2.75) is 26.1 Å². The summed E-state index contributed by atoms with van der Waals surface area (Å²) in [7, 11) is 0. The molecule has 0 aromatic carbocycles. The van der Waals surface area contributed by atoms with E-state index in [1.807, 2.05) is 43.0 Å². The van der Waals surface area contributed by atoms with Crippen LogP contribution < -0.4 is 0 Å². The lowest BCUT2D eigenvalue weighted by molar-refractivity contribution is -0.0587. The summed E-state index contributed by atoms with van der Waals surface area (Å²) in [5, 5.41) is 0.916. The minimum atomic E-state index is -0.0685. The lowest BCUT2D eigenvalue weighted by Gasteiger charge is -2.35. The Morgan fingerprint density at radius 1 is 1.08 bits per heavy atom. The average Bonchev–Trinajstić information content (AvgIpc) is 2.66. The van der Waals surface area contributed by atoms with E-state index in [1.165, 1.54) is 0 Å². The molecule has 6 nitrogen and oxygen atoms in total. The fraction of sp³-hybridized carbons (Fsp3) is 0.300. The van der Waals surface area contributed by atoms with E-state index in [1.54, 1.807) is 24.8 Å². The van der Waals surface area contributed by atoms with Crippen LogP contribution in [0.25, 0.3) is 22.0 Å². The fourth-order valence-corrected chi connectivity index (χ4v) is 3.45. The number of pyridine rings is 3. The van der Waals surface area contributed by atoms with Crippen LogP contribution in [0.15, 0.2) is 49.1 Å². The highest BCUT2D eigenvalue weighted by molar-refractivity contribution is 6.01. The van der Waals surface area contributed by atoms with E-state index >= 15 is 0 Å². The van der Waals surface area contributed by atoms with Crippen LogP contribution in [0.3, 0.4) is 0 Å². The summed E-state index contributed by atoms with van der Waals surface area (Å²) in [6, 6.07) is 7.54. The molecule has 6 heteroatoms. The molecule has 1 fully saturated rings. The largest absolute Gasteiger partial charge is 0.372 e. The number of hydrogen-bond donors (Lipinski definition) is 0. The molecule has 1 saturated heterocycles. The van der Waals surface area contributed by atoms with E-state index in [2.05, 4.69) is 15.0 Å². The third-order valence-corrected chi connectivity index (χ3v) is 4.53. The van der Waals surface area contributed by atoms with E-state index < -0.39 is 0 Å². The highest BCUT2D eigenvalue weighted by atomic mass is 16.5. The van der Waals surface area contributed by atoms with E-state index in [0.29, 0.717) is 18.8 Å². The molecule has 0 radical (unpaired) electrons. The Morgan fingerprint density at radius 3 is 2.50 bits per heavy atom. The van der Waals surface area contributed by atoms with Crippen molar-refractivity contribution < 1.29 is 9.53 Å². The van der Waals surface area contributed by atoms with Crippen LogP contribution >= 0.6 is 0 Å². The van der Waals surface area contributed by atoms with Gasteiger partial charge in [0.25, 0.3) is 5.91 Å². The molecular formula is C20H20N4O2. The van der Waals surface area contributed by atoms with Gasteiger partial charge in [0.05, 0.1) is 17.7 Å². The number of fused-ring (bicyclic) bond motifs is 1. The maximum absolute atomic E-state index is 13.1. The number of hydrogen-bond acceptors (Lipinski definition) is 5. The number of amides is 1. The standard InChI is InChI=1S/C20H20N4O2/c1-13-11-24(12-14(2)26-13)20(25)19-9-16(15-3-6-21-7-4-15)17-10-22-8-5-18(17)23-19/h3-10,13-14H,11-12H2,1-2H3/t13-,14-/m1/s1. The number of nitrogens with zero attached hydrogens (tertiary/aromatic N) is 4. The predicted octanol–water partition coefficient (Wildman–Crippen LogP) is 2.94. The van der Waals surface area contributed by atoms with Crippen molar-refractivity contribution in [2.24, 2.45) is 0 Å². The third kappa shape index (κ3) is 3.15. The summed E-state index contributed by atoms with van der Waals surface area (Å²) < 4.78 is 5.74. The average molecular weight is 348 g/mol. The van der Waals surface area contributed by atoms with Gasteiger partial charge < -0.3 is 9.64 Å². The Morgan fingerprint density at radius 2 is 1.77 bits per heavy atom. The molecule has 1 aliphatic heterocycles. The number of aromatic nitrogens is 3. The van der Waals surface area contributed by atoms with Crippen molar-refractivity contribution in [1.82, 2.24) is 19.9 Å². The zero-order chi connectivity index (χ0) is 18.1. The molecule has 26 heavy (non-hydrogen) atoms. The summed E-state index contributed by atoms with van der Waals surface area (Å²) in [5.41, 5.74) is 3.12. The van der Waals surface area contributed by atoms with Crippen LogP contribution in [-0.2, 0) is 4.74 Å². The normalized spacial score (nSPS) is 20.3. The second-order valence-corrected chi connectivity index (χ2v) is 6.65.